The van der Waals surface area contributed by atoms with Crippen molar-refractivity contribution in [3.63, 3.8) is 0 Å². The fourth-order valence-electron chi connectivity index (χ4n) is 2.59. The summed E-state index contributed by atoms with van der Waals surface area (Å²) in [6.07, 6.45) is 0.00536. The van der Waals surface area contributed by atoms with Gasteiger partial charge in [0.15, 0.2) is 0 Å². The largest absolute Gasteiger partial charge is 0.480 e. The Bertz CT molecular complexity index is 560. The number of amides is 2. The molecule has 1 fully saturated rings. The predicted molar refractivity (Wildman–Crippen MR) is 77.5 cm³/mol. The zero-order valence-corrected chi connectivity index (χ0v) is 11.9. The number of carboxylic acid groups (broad SMARTS) is 2. The lowest BCUT2D eigenvalue weighted by Crippen LogP contribution is -2.51. The average Bonchev–Trinajstić information content (AvgIpc) is 2.97. The van der Waals surface area contributed by atoms with Crippen LogP contribution in [-0.4, -0.2) is 51.7 Å². The number of aliphatic carboxylic acids is 1. The van der Waals surface area contributed by atoms with Crippen LogP contribution >= 0.6 is 0 Å². The van der Waals surface area contributed by atoms with E-state index in [1.165, 1.54) is 0 Å². The van der Waals surface area contributed by atoms with Crippen molar-refractivity contribution in [2.24, 2.45) is 0 Å². The van der Waals surface area contributed by atoms with E-state index in [1.54, 1.807) is 24.3 Å². The van der Waals surface area contributed by atoms with Crippen LogP contribution in [0.5, 0.6) is 0 Å². The van der Waals surface area contributed by atoms with Crippen molar-refractivity contribution in [2.45, 2.75) is 31.3 Å². The van der Waals surface area contributed by atoms with Crippen LogP contribution in [0.1, 0.15) is 18.4 Å². The van der Waals surface area contributed by atoms with Gasteiger partial charge in [-0.15, -0.1) is 0 Å². The van der Waals surface area contributed by atoms with E-state index in [2.05, 4.69) is 5.32 Å². The minimum absolute atomic E-state index is 0.154. The van der Waals surface area contributed by atoms with Crippen molar-refractivity contribution >= 4 is 18.0 Å². The highest BCUT2D eigenvalue weighted by Gasteiger charge is 2.35. The van der Waals surface area contributed by atoms with Crippen LogP contribution in [0.4, 0.5) is 4.79 Å². The molecule has 1 saturated heterocycles. The molecule has 7 nitrogen and oxygen atoms in total. The number of hydrogen-bond donors (Lipinski definition) is 3. The van der Waals surface area contributed by atoms with Crippen molar-refractivity contribution < 1.29 is 24.6 Å². The SMILES string of the molecule is O=C(O)C(Cc1ccccc1)NC(=O)C1CCCN1C(=O)O. The fourth-order valence-corrected chi connectivity index (χ4v) is 2.59. The smallest absolute Gasteiger partial charge is 0.407 e. The van der Waals surface area contributed by atoms with Gasteiger partial charge in [0.2, 0.25) is 5.91 Å². The number of likely N-dealkylation sites (tertiary alicyclic amines) is 1. The summed E-state index contributed by atoms with van der Waals surface area (Å²) in [6.45, 7) is 0.295. The van der Waals surface area contributed by atoms with Crippen molar-refractivity contribution in [1.29, 1.82) is 0 Å². The molecule has 2 amide bonds. The summed E-state index contributed by atoms with van der Waals surface area (Å²) in [5.74, 6) is -1.69. The van der Waals surface area contributed by atoms with E-state index in [-0.39, 0.29) is 6.42 Å². The van der Waals surface area contributed by atoms with Crippen molar-refractivity contribution in [2.75, 3.05) is 6.54 Å². The lowest BCUT2D eigenvalue weighted by Gasteiger charge is -2.23. The summed E-state index contributed by atoms with van der Waals surface area (Å²) in [5.41, 5.74) is 0.789. The fraction of sp³-hybridized carbons (Fsp3) is 0.400. The highest BCUT2D eigenvalue weighted by atomic mass is 16.4. The maximum Gasteiger partial charge on any atom is 0.407 e. The van der Waals surface area contributed by atoms with Gasteiger partial charge >= 0.3 is 12.1 Å². The van der Waals surface area contributed by atoms with Crippen molar-refractivity contribution in [3.8, 4) is 0 Å². The highest BCUT2D eigenvalue weighted by molar-refractivity contribution is 5.89. The number of carbonyl (C=O) groups is 3. The normalized spacial score (nSPS) is 18.7. The molecule has 0 radical (unpaired) electrons. The summed E-state index contributed by atoms with van der Waals surface area (Å²) in [5, 5.41) is 20.7. The number of carboxylic acids is 1. The number of benzene rings is 1. The van der Waals surface area contributed by atoms with Gasteiger partial charge in [-0.3, -0.25) is 9.69 Å². The second kappa shape index (κ2) is 6.93. The molecular formula is C15H18N2O5. The third-order valence-corrected chi connectivity index (χ3v) is 3.70. The maximum absolute atomic E-state index is 12.2. The molecule has 1 aliphatic rings. The predicted octanol–water partition coefficient (Wildman–Crippen LogP) is 0.941. The lowest BCUT2D eigenvalue weighted by atomic mass is 10.1. The Morgan fingerprint density at radius 1 is 1.23 bits per heavy atom. The topological polar surface area (TPSA) is 107 Å². The van der Waals surface area contributed by atoms with E-state index >= 15 is 0 Å². The van der Waals surface area contributed by atoms with Gasteiger partial charge in [-0.05, 0) is 18.4 Å². The monoisotopic (exact) mass is 306 g/mol. The first-order valence-corrected chi connectivity index (χ1v) is 7.05. The second-order valence-corrected chi connectivity index (χ2v) is 5.22. The molecule has 0 bridgehead atoms. The Morgan fingerprint density at radius 3 is 2.50 bits per heavy atom. The molecule has 1 aromatic rings. The first-order valence-electron chi connectivity index (χ1n) is 7.05. The Hall–Kier alpha value is -2.57. The van der Waals surface area contributed by atoms with Crippen LogP contribution in [0.3, 0.4) is 0 Å². The quantitative estimate of drug-likeness (QED) is 0.750. The number of nitrogens with one attached hydrogen (secondary N) is 1. The second-order valence-electron chi connectivity index (χ2n) is 5.22. The van der Waals surface area contributed by atoms with Gasteiger partial charge < -0.3 is 15.5 Å². The Morgan fingerprint density at radius 2 is 1.91 bits per heavy atom. The molecular weight excluding hydrogens is 288 g/mol. The molecule has 0 saturated carbocycles. The molecule has 2 unspecified atom stereocenters. The van der Waals surface area contributed by atoms with Crippen LogP contribution in [-0.2, 0) is 16.0 Å². The molecule has 7 heteroatoms. The molecule has 3 N–H and O–H groups in total. The number of rotatable bonds is 5. The molecule has 0 aliphatic carbocycles. The minimum Gasteiger partial charge on any atom is -0.480 e. The van der Waals surface area contributed by atoms with Crippen molar-refractivity contribution in [3.05, 3.63) is 35.9 Å². The van der Waals surface area contributed by atoms with Gasteiger partial charge in [0, 0.05) is 13.0 Å². The molecule has 0 spiro atoms. The molecule has 2 rings (SSSR count). The summed E-state index contributed by atoms with van der Waals surface area (Å²) in [4.78, 5) is 35.6. The van der Waals surface area contributed by atoms with Crippen LogP contribution in [0.15, 0.2) is 30.3 Å². The zero-order chi connectivity index (χ0) is 16.1. The first kappa shape index (κ1) is 15.8. The third-order valence-electron chi connectivity index (χ3n) is 3.70. The first-order chi connectivity index (χ1) is 10.5. The van der Waals surface area contributed by atoms with E-state index in [1.807, 2.05) is 6.07 Å². The number of nitrogens with zero attached hydrogens (tertiary/aromatic N) is 1. The molecule has 1 aromatic carbocycles. The van der Waals surface area contributed by atoms with E-state index < -0.39 is 30.1 Å². The van der Waals surface area contributed by atoms with Crippen molar-refractivity contribution in [1.82, 2.24) is 10.2 Å². The minimum atomic E-state index is -1.16. The Labute approximate surface area is 127 Å². The van der Waals surface area contributed by atoms with E-state index in [9.17, 15) is 19.5 Å². The van der Waals surface area contributed by atoms with Crippen LogP contribution in [0.25, 0.3) is 0 Å². The van der Waals surface area contributed by atoms with Gasteiger partial charge in [-0.2, -0.15) is 0 Å². The maximum atomic E-state index is 12.2. The van der Waals surface area contributed by atoms with Crippen LogP contribution in [0.2, 0.25) is 0 Å². The molecule has 2 atom stereocenters. The molecule has 1 aliphatic heterocycles. The molecule has 118 valence electrons. The average molecular weight is 306 g/mol. The van der Waals surface area contributed by atoms with Gasteiger partial charge in [0.25, 0.3) is 0 Å². The Kier molecular flexibility index (Phi) is 4.98. The van der Waals surface area contributed by atoms with E-state index in [4.69, 9.17) is 5.11 Å². The summed E-state index contributed by atoms with van der Waals surface area (Å²) >= 11 is 0. The van der Waals surface area contributed by atoms with Gasteiger partial charge in [0.05, 0.1) is 0 Å². The lowest BCUT2D eigenvalue weighted by molar-refractivity contribution is -0.142. The highest BCUT2D eigenvalue weighted by Crippen LogP contribution is 2.17. The molecule has 22 heavy (non-hydrogen) atoms. The standard InChI is InChI=1S/C15H18N2O5/c18-13(12-7-4-8-17(12)15(21)22)16-11(14(19)20)9-10-5-2-1-3-6-10/h1-3,5-6,11-12H,4,7-9H2,(H,16,18)(H,19,20)(H,21,22). The zero-order valence-electron chi connectivity index (χ0n) is 11.9. The van der Waals surface area contributed by atoms with E-state index in [0.29, 0.717) is 19.4 Å². The summed E-state index contributed by atoms with van der Waals surface area (Å²) in [7, 11) is 0. The number of hydrogen-bond acceptors (Lipinski definition) is 3. The summed E-state index contributed by atoms with van der Waals surface area (Å²) in [6, 6.07) is 7.07. The van der Waals surface area contributed by atoms with Crippen LogP contribution < -0.4 is 5.32 Å². The van der Waals surface area contributed by atoms with E-state index in [0.717, 1.165) is 10.5 Å². The summed E-state index contributed by atoms with van der Waals surface area (Å²) < 4.78 is 0. The van der Waals surface area contributed by atoms with Gasteiger partial charge in [-0.1, -0.05) is 30.3 Å². The Balaban J connectivity index is 2.03. The van der Waals surface area contributed by atoms with Gasteiger partial charge in [0.1, 0.15) is 12.1 Å². The number of carbonyl (C=O) groups excluding carboxylic acids is 1. The molecule has 1 heterocycles. The van der Waals surface area contributed by atoms with Gasteiger partial charge in [-0.25, -0.2) is 9.59 Å². The van der Waals surface area contributed by atoms with Crippen LogP contribution in [0, 0.1) is 0 Å². The third kappa shape index (κ3) is 3.75. The molecule has 0 aromatic heterocycles.